The van der Waals surface area contributed by atoms with Gasteiger partial charge in [-0.2, -0.15) is 8.42 Å². The molecule has 0 heterocycles. The van der Waals surface area contributed by atoms with Crippen molar-refractivity contribution < 1.29 is 12.6 Å². The van der Waals surface area contributed by atoms with E-state index in [1.807, 2.05) is 77.1 Å². The molecule has 1 N–H and O–H groups in total. The van der Waals surface area contributed by atoms with Crippen LogP contribution in [0.5, 0.6) is 5.75 Å². The molecule has 0 unspecified atom stereocenters. The molecule has 0 aliphatic carbocycles. The van der Waals surface area contributed by atoms with Gasteiger partial charge in [0.2, 0.25) is 0 Å². The van der Waals surface area contributed by atoms with Crippen LogP contribution in [0.25, 0.3) is 0 Å². The summed E-state index contributed by atoms with van der Waals surface area (Å²) in [7, 11) is -3.93. The second-order valence-corrected chi connectivity index (χ2v) is 9.68. The molecule has 3 rings (SSSR count). The number of nitrogens with one attached hydrogen (secondary N) is 1. The highest BCUT2D eigenvalue weighted by Crippen LogP contribution is 2.39. The van der Waals surface area contributed by atoms with E-state index >= 15 is 0 Å². The second-order valence-electron chi connectivity index (χ2n) is 8.13. The molecule has 5 heteroatoms. The van der Waals surface area contributed by atoms with Crippen LogP contribution in [-0.2, 0) is 10.1 Å². The highest BCUT2D eigenvalue weighted by atomic mass is 32.2. The molecule has 0 amide bonds. The van der Waals surface area contributed by atoms with Crippen molar-refractivity contribution in [2.45, 2.75) is 51.3 Å². The van der Waals surface area contributed by atoms with Gasteiger partial charge in [-0.1, -0.05) is 63.6 Å². The molecule has 0 saturated carbocycles. The Bertz CT molecular complexity index is 1070. The second kappa shape index (κ2) is 8.92. The Kier molecular flexibility index (Phi) is 6.52. The monoisotopic (exact) mass is 423 g/mol. The van der Waals surface area contributed by atoms with E-state index in [1.54, 1.807) is 24.3 Å². The first-order valence-electron chi connectivity index (χ1n) is 10.2. The molecule has 3 aromatic carbocycles. The van der Waals surface area contributed by atoms with Gasteiger partial charge in [-0.3, -0.25) is 0 Å². The largest absolute Gasteiger partial charge is 0.378 e. The minimum absolute atomic E-state index is 0.0863. The molecular formula is C25H29NO3S. The summed E-state index contributed by atoms with van der Waals surface area (Å²) in [4.78, 5) is 0.156. The molecule has 0 aliphatic heterocycles. The summed E-state index contributed by atoms with van der Waals surface area (Å²) in [6.07, 6.45) is 0. The quantitative estimate of drug-likeness (QED) is 0.427. The third-order valence-electron chi connectivity index (χ3n) is 4.96. The number of hydrogen-bond donors (Lipinski definition) is 1. The molecule has 3 aromatic rings. The Labute approximate surface area is 180 Å². The number of anilines is 2. The summed E-state index contributed by atoms with van der Waals surface area (Å²) in [6, 6.07) is 20.6. The average Bonchev–Trinajstić information content (AvgIpc) is 2.69. The maximum absolute atomic E-state index is 13.0. The molecule has 0 radical (unpaired) electrons. The molecule has 30 heavy (non-hydrogen) atoms. The van der Waals surface area contributed by atoms with Gasteiger partial charge in [-0.15, -0.1) is 0 Å². The smallest absolute Gasteiger partial charge is 0.339 e. The summed E-state index contributed by atoms with van der Waals surface area (Å²) in [6.45, 7) is 10.1. The highest BCUT2D eigenvalue weighted by molar-refractivity contribution is 7.87. The predicted octanol–water partition coefficient (Wildman–Crippen LogP) is 6.75. The molecule has 0 saturated heterocycles. The van der Waals surface area contributed by atoms with Crippen LogP contribution >= 0.6 is 0 Å². The molecule has 0 bridgehead atoms. The van der Waals surface area contributed by atoms with Crippen LogP contribution in [0.15, 0.2) is 71.6 Å². The predicted molar refractivity (Wildman–Crippen MR) is 123 cm³/mol. The lowest BCUT2D eigenvalue weighted by atomic mass is 9.93. The van der Waals surface area contributed by atoms with Crippen LogP contribution in [0.3, 0.4) is 0 Å². The Balaban J connectivity index is 2.07. The van der Waals surface area contributed by atoms with Crippen LogP contribution < -0.4 is 9.50 Å². The fourth-order valence-corrected chi connectivity index (χ4v) is 4.23. The van der Waals surface area contributed by atoms with Gasteiger partial charge in [-0.25, -0.2) is 0 Å². The van der Waals surface area contributed by atoms with Crippen molar-refractivity contribution in [1.82, 2.24) is 0 Å². The fraction of sp³-hybridized carbons (Fsp3) is 0.280. The van der Waals surface area contributed by atoms with Crippen molar-refractivity contribution in [2.75, 3.05) is 5.32 Å². The van der Waals surface area contributed by atoms with E-state index in [4.69, 9.17) is 4.18 Å². The highest BCUT2D eigenvalue weighted by Gasteiger charge is 2.24. The van der Waals surface area contributed by atoms with E-state index in [2.05, 4.69) is 5.32 Å². The molecular weight excluding hydrogens is 394 g/mol. The SMILES string of the molecule is Cc1ccc(S(=O)(=O)Oc2c(C(C)C)cc(Nc3ccccc3)cc2C(C)C)cc1. The van der Waals surface area contributed by atoms with E-state index in [0.29, 0.717) is 5.75 Å². The summed E-state index contributed by atoms with van der Waals surface area (Å²) >= 11 is 0. The molecule has 158 valence electrons. The lowest BCUT2D eigenvalue weighted by molar-refractivity contribution is 0.476. The van der Waals surface area contributed by atoms with E-state index < -0.39 is 10.1 Å². The van der Waals surface area contributed by atoms with Crippen molar-refractivity contribution in [3.05, 3.63) is 83.4 Å². The fourth-order valence-electron chi connectivity index (χ4n) is 3.25. The first kappa shape index (κ1) is 21.9. The molecule has 0 fully saturated rings. The van der Waals surface area contributed by atoms with Crippen molar-refractivity contribution in [3.8, 4) is 5.75 Å². The van der Waals surface area contributed by atoms with Gasteiger partial charge >= 0.3 is 10.1 Å². The number of rotatable bonds is 7. The third-order valence-corrected chi connectivity index (χ3v) is 6.19. The maximum atomic E-state index is 13.0. The zero-order valence-electron chi connectivity index (χ0n) is 18.1. The number of aryl methyl sites for hydroxylation is 1. The van der Waals surface area contributed by atoms with Gasteiger partial charge in [0.15, 0.2) is 0 Å². The van der Waals surface area contributed by atoms with Crippen molar-refractivity contribution in [1.29, 1.82) is 0 Å². The summed E-state index contributed by atoms with van der Waals surface area (Å²) in [5, 5.41) is 3.42. The number of hydrogen-bond acceptors (Lipinski definition) is 4. The van der Waals surface area contributed by atoms with Crippen molar-refractivity contribution in [3.63, 3.8) is 0 Å². The van der Waals surface area contributed by atoms with E-state index in [9.17, 15) is 8.42 Å². The Morgan fingerprint density at radius 2 is 1.30 bits per heavy atom. The molecule has 0 aromatic heterocycles. The van der Waals surface area contributed by atoms with Crippen molar-refractivity contribution in [2.24, 2.45) is 0 Å². The minimum Gasteiger partial charge on any atom is -0.378 e. The lowest BCUT2D eigenvalue weighted by Gasteiger charge is -2.22. The van der Waals surface area contributed by atoms with E-state index in [1.165, 1.54) is 0 Å². The number of benzene rings is 3. The van der Waals surface area contributed by atoms with Gasteiger partial charge < -0.3 is 9.50 Å². The van der Waals surface area contributed by atoms with Gasteiger partial charge in [-0.05, 0) is 55.2 Å². The number of para-hydroxylation sites is 1. The topological polar surface area (TPSA) is 55.4 Å². The van der Waals surface area contributed by atoms with Crippen LogP contribution in [0, 0.1) is 6.92 Å². The van der Waals surface area contributed by atoms with Crippen LogP contribution in [-0.4, -0.2) is 8.42 Å². The van der Waals surface area contributed by atoms with Crippen molar-refractivity contribution >= 4 is 21.5 Å². The lowest BCUT2D eigenvalue weighted by Crippen LogP contribution is -2.14. The Morgan fingerprint density at radius 1 is 0.767 bits per heavy atom. The van der Waals surface area contributed by atoms with E-state index in [0.717, 1.165) is 28.1 Å². The zero-order valence-corrected chi connectivity index (χ0v) is 19.0. The first-order chi connectivity index (χ1) is 14.2. The molecule has 4 nitrogen and oxygen atoms in total. The van der Waals surface area contributed by atoms with Gasteiger partial charge in [0.1, 0.15) is 10.6 Å². The summed E-state index contributed by atoms with van der Waals surface area (Å²) in [5.41, 5.74) is 4.60. The minimum atomic E-state index is -3.93. The molecule has 0 spiro atoms. The normalized spacial score (nSPS) is 11.7. The molecule has 0 atom stereocenters. The summed E-state index contributed by atoms with van der Waals surface area (Å²) < 4.78 is 31.8. The first-order valence-corrected chi connectivity index (χ1v) is 11.6. The Morgan fingerprint density at radius 3 is 1.80 bits per heavy atom. The van der Waals surface area contributed by atoms with Gasteiger partial charge in [0.05, 0.1) is 0 Å². The average molecular weight is 424 g/mol. The molecule has 0 aliphatic rings. The standard InChI is InChI=1S/C25H29NO3S/c1-17(2)23-15-21(26-20-9-7-6-8-10-20)16-24(18(3)4)25(23)29-30(27,28)22-13-11-19(5)12-14-22/h6-18,26H,1-5H3. The van der Waals surface area contributed by atoms with Crippen LogP contribution in [0.4, 0.5) is 11.4 Å². The van der Waals surface area contributed by atoms with Crippen LogP contribution in [0.2, 0.25) is 0 Å². The zero-order chi connectivity index (χ0) is 21.9. The third kappa shape index (κ3) is 5.03. The summed E-state index contributed by atoms with van der Waals surface area (Å²) in [5.74, 6) is 0.602. The van der Waals surface area contributed by atoms with Crippen LogP contribution in [0.1, 0.15) is 56.2 Å². The van der Waals surface area contributed by atoms with Gasteiger partial charge in [0.25, 0.3) is 0 Å². The van der Waals surface area contributed by atoms with E-state index in [-0.39, 0.29) is 16.7 Å². The van der Waals surface area contributed by atoms with Gasteiger partial charge in [0, 0.05) is 22.5 Å². The Hall–Kier alpha value is -2.79. The maximum Gasteiger partial charge on any atom is 0.339 e.